The lowest BCUT2D eigenvalue weighted by Gasteiger charge is -2.11. The molecule has 0 unspecified atom stereocenters. The summed E-state index contributed by atoms with van der Waals surface area (Å²) in [6.45, 7) is 2.94. The van der Waals surface area contributed by atoms with E-state index in [0.717, 1.165) is 0 Å². The molecular formula is C17H17N5O4S. The van der Waals surface area contributed by atoms with Gasteiger partial charge in [-0.1, -0.05) is 11.2 Å². The number of aromatic nitrogens is 3. The molecule has 2 heterocycles. The number of sulfonamides is 1. The molecular weight excluding hydrogens is 370 g/mol. The molecule has 1 aromatic carbocycles. The SMILES string of the molecule is CC(=O)Nc1cccc(S(=O)(=O)N[C@H](C)c2nc(-c3ccncc3)no2)c1. The van der Waals surface area contributed by atoms with Gasteiger partial charge in [0.05, 0.1) is 10.9 Å². The quantitative estimate of drug-likeness (QED) is 0.663. The normalized spacial score (nSPS) is 12.5. The summed E-state index contributed by atoms with van der Waals surface area (Å²) in [6, 6.07) is 8.63. The van der Waals surface area contributed by atoms with Crippen LogP contribution in [0.2, 0.25) is 0 Å². The molecule has 27 heavy (non-hydrogen) atoms. The lowest BCUT2D eigenvalue weighted by molar-refractivity contribution is -0.114. The van der Waals surface area contributed by atoms with E-state index < -0.39 is 16.1 Å². The standard InChI is InChI=1S/C17H17N5O4S/c1-11(17-20-16(21-26-17)13-6-8-18-9-7-13)22-27(24,25)15-5-3-4-14(10-15)19-12(2)23/h3-11,22H,1-2H3,(H,19,23)/t11-/m1/s1. The topological polar surface area (TPSA) is 127 Å². The van der Waals surface area contributed by atoms with Gasteiger partial charge in [-0.25, -0.2) is 8.42 Å². The summed E-state index contributed by atoms with van der Waals surface area (Å²) in [5, 5.41) is 6.41. The van der Waals surface area contributed by atoms with Crippen molar-refractivity contribution in [3.05, 3.63) is 54.7 Å². The first-order chi connectivity index (χ1) is 12.8. The Morgan fingerprint density at radius 1 is 1.19 bits per heavy atom. The summed E-state index contributed by atoms with van der Waals surface area (Å²) in [4.78, 5) is 19.3. The molecule has 0 aliphatic rings. The van der Waals surface area contributed by atoms with Crippen molar-refractivity contribution in [2.75, 3.05) is 5.32 Å². The van der Waals surface area contributed by atoms with E-state index in [1.807, 2.05) is 0 Å². The Balaban J connectivity index is 1.78. The van der Waals surface area contributed by atoms with Crippen LogP contribution in [-0.4, -0.2) is 29.4 Å². The highest BCUT2D eigenvalue weighted by Gasteiger charge is 2.23. The summed E-state index contributed by atoms with van der Waals surface area (Å²) in [6.07, 6.45) is 3.19. The number of carbonyl (C=O) groups excluding carboxylic acids is 1. The minimum Gasteiger partial charge on any atom is -0.337 e. The minimum atomic E-state index is -3.86. The van der Waals surface area contributed by atoms with E-state index in [1.165, 1.54) is 19.1 Å². The fourth-order valence-electron chi connectivity index (χ4n) is 2.32. The second-order valence-electron chi connectivity index (χ2n) is 5.74. The van der Waals surface area contributed by atoms with Crippen LogP contribution in [0.15, 0.2) is 58.2 Å². The van der Waals surface area contributed by atoms with Crippen LogP contribution in [0.25, 0.3) is 11.4 Å². The van der Waals surface area contributed by atoms with Gasteiger partial charge in [-0.2, -0.15) is 9.71 Å². The van der Waals surface area contributed by atoms with Gasteiger partial charge >= 0.3 is 0 Å². The summed E-state index contributed by atoms with van der Waals surface area (Å²) < 4.78 is 32.9. The molecule has 0 aliphatic heterocycles. The van der Waals surface area contributed by atoms with Gasteiger partial charge in [-0.15, -0.1) is 0 Å². The third-order valence-electron chi connectivity index (χ3n) is 3.55. The van der Waals surface area contributed by atoms with E-state index in [4.69, 9.17) is 4.52 Å². The molecule has 0 bridgehead atoms. The highest BCUT2D eigenvalue weighted by molar-refractivity contribution is 7.89. The number of hydrogen-bond acceptors (Lipinski definition) is 7. The fraction of sp³-hybridized carbons (Fsp3) is 0.176. The largest absolute Gasteiger partial charge is 0.337 e. The minimum absolute atomic E-state index is 0.00877. The maximum absolute atomic E-state index is 12.6. The van der Waals surface area contributed by atoms with Gasteiger partial charge in [0.1, 0.15) is 0 Å². The average molecular weight is 387 g/mol. The van der Waals surface area contributed by atoms with Gasteiger partial charge < -0.3 is 9.84 Å². The molecule has 0 aliphatic carbocycles. The number of hydrogen-bond donors (Lipinski definition) is 2. The average Bonchev–Trinajstić information content (AvgIpc) is 3.12. The zero-order valence-corrected chi connectivity index (χ0v) is 15.4. The molecule has 2 N–H and O–H groups in total. The predicted molar refractivity (Wildman–Crippen MR) is 97.0 cm³/mol. The summed E-state index contributed by atoms with van der Waals surface area (Å²) in [5.74, 6) is 0.176. The number of rotatable bonds is 6. The molecule has 3 rings (SSSR count). The molecule has 1 amide bonds. The third-order valence-corrected chi connectivity index (χ3v) is 5.09. The Bertz CT molecular complexity index is 1050. The van der Waals surface area contributed by atoms with Gasteiger partial charge in [0, 0.05) is 30.6 Å². The predicted octanol–water partition coefficient (Wildman–Crippen LogP) is 2.13. The third kappa shape index (κ3) is 4.54. The molecule has 0 fully saturated rings. The van der Waals surface area contributed by atoms with Crippen molar-refractivity contribution in [2.24, 2.45) is 0 Å². The van der Waals surface area contributed by atoms with Crippen molar-refractivity contribution in [2.45, 2.75) is 24.8 Å². The monoisotopic (exact) mass is 387 g/mol. The summed E-state index contributed by atoms with van der Waals surface area (Å²) in [7, 11) is -3.86. The molecule has 140 valence electrons. The van der Waals surface area contributed by atoms with Crippen molar-refractivity contribution in [1.29, 1.82) is 0 Å². The molecule has 2 aromatic heterocycles. The van der Waals surface area contributed by atoms with Crippen molar-refractivity contribution in [3.63, 3.8) is 0 Å². The number of nitrogens with zero attached hydrogens (tertiary/aromatic N) is 3. The highest BCUT2D eigenvalue weighted by Crippen LogP contribution is 2.21. The molecule has 10 heteroatoms. The van der Waals surface area contributed by atoms with E-state index in [2.05, 4.69) is 25.2 Å². The van der Waals surface area contributed by atoms with Crippen LogP contribution < -0.4 is 10.0 Å². The second-order valence-corrected chi connectivity index (χ2v) is 7.46. The van der Waals surface area contributed by atoms with Crippen LogP contribution in [-0.2, 0) is 14.8 Å². The van der Waals surface area contributed by atoms with E-state index in [-0.39, 0.29) is 16.7 Å². The van der Waals surface area contributed by atoms with Crippen LogP contribution in [0.5, 0.6) is 0 Å². The molecule has 3 aromatic rings. The maximum atomic E-state index is 12.6. The van der Waals surface area contributed by atoms with Gasteiger partial charge in [-0.05, 0) is 37.3 Å². The number of nitrogens with one attached hydrogen (secondary N) is 2. The summed E-state index contributed by atoms with van der Waals surface area (Å²) >= 11 is 0. The van der Waals surface area contributed by atoms with Crippen LogP contribution in [0.1, 0.15) is 25.8 Å². The maximum Gasteiger partial charge on any atom is 0.244 e. The van der Waals surface area contributed by atoms with Gasteiger partial charge in [0.2, 0.25) is 27.6 Å². The molecule has 0 radical (unpaired) electrons. The van der Waals surface area contributed by atoms with Gasteiger partial charge in [-0.3, -0.25) is 9.78 Å². The first-order valence-electron chi connectivity index (χ1n) is 7.99. The number of anilines is 1. The van der Waals surface area contributed by atoms with Gasteiger partial charge in [0.25, 0.3) is 0 Å². The Hall–Kier alpha value is -3.11. The van der Waals surface area contributed by atoms with Crippen molar-refractivity contribution in [3.8, 4) is 11.4 Å². The Labute approximate surface area is 155 Å². The number of benzene rings is 1. The Morgan fingerprint density at radius 2 is 1.93 bits per heavy atom. The van der Waals surface area contributed by atoms with E-state index in [0.29, 0.717) is 17.1 Å². The Kier molecular flexibility index (Phi) is 5.28. The van der Waals surface area contributed by atoms with E-state index >= 15 is 0 Å². The number of amides is 1. The van der Waals surface area contributed by atoms with Crippen LogP contribution in [0.4, 0.5) is 5.69 Å². The smallest absolute Gasteiger partial charge is 0.244 e. The molecule has 0 saturated heterocycles. The number of carbonyl (C=O) groups is 1. The lowest BCUT2D eigenvalue weighted by Crippen LogP contribution is -2.27. The molecule has 0 spiro atoms. The molecule has 0 saturated carbocycles. The second kappa shape index (κ2) is 7.64. The lowest BCUT2D eigenvalue weighted by atomic mass is 10.2. The number of pyridine rings is 1. The molecule has 9 nitrogen and oxygen atoms in total. The van der Waals surface area contributed by atoms with Crippen LogP contribution in [0.3, 0.4) is 0 Å². The van der Waals surface area contributed by atoms with Crippen LogP contribution in [0, 0.1) is 0 Å². The van der Waals surface area contributed by atoms with Crippen LogP contribution >= 0.6 is 0 Å². The van der Waals surface area contributed by atoms with E-state index in [1.54, 1.807) is 43.6 Å². The fourth-order valence-corrected chi connectivity index (χ4v) is 3.57. The molecule has 1 atom stereocenters. The first kappa shape index (κ1) is 18.7. The van der Waals surface area contributed by atoms with E-state index in [9.17, 15) is 13.2 Å². The zero-order valence-electron chi connectivity index (χ0n) is 14.6. The Morgan fingerprint density at radius 3 is 2.63 bits per heavy atom. The van der Waals surface area contributed by atoms with Crippen molar-refractivity contribution < 1.29 is 17.7 Å². The van der Waals surface area contributed by atoms with Crippen molar-refractivity contribution in [1.82, 2.24) is 19.8 Å². The van der Waals surface area contributed by atoms with Crippen molar-refractivity contribution >= 4 is 21.6 Å². The highest BCUT2D eigenvalue weighted by atomic mass is 32.2. The first-order valence-corrected chi connectivity index (χ1v) is 9.47. The summed E-state index contributed by atoms with van der Waals surface area (Å²) in [5.41, 5.74) is 1.09. The zero-order chi connectivity index (χ0) is 19.4. The van der Waals surface area contributed by atoms with Gasteiger partial charge in [0.15, 0.2) is 0 Å².